The largest absolute Gasteiger partial charge is 0.381 e. The molecule has 0 aliphatic carbocycles. The van der Waals surface area contributed by atoms with Crippen molar-refractivity contribution in [2.75, 3.05) is 26.3 Å². The van der Waals surface area contributed by atoms with E-state index in [9.17, 15) is 0 Å². The minimum Gasteiger partial charge on any atom is -0.381 e. The molecule has 2 heterocycles. The van der Waals surface area contributed by atoms with E-state index in [2.05, 4.69) is 12.2 Å². The van der Waals surface area contributed by atoms with Gasteiger partial charge in [-0.25, -0.2) is 0 Å². The first-order valence-electron chi connectivity index (χ1n) is 5.57. The van der Waals surface area contributed by atoms with E-state index >= 15 is 0 Å². The molecule has 0 bridgehead atoms. The van der Waals surface area contributed by atoms with Crippen molar-refractivity contribution < 1.29 is 4.74 Å². The lowest BCUT2D eigenvalue weighted by Crippen LogP contribution is -2.29. The average Bonchev–Trinajstić information content (AvgIpc) is 2.57. The van der Waals surface area contributed by atoms with Crippen LogP contribution in [0.2, 0.25) is 0 Å². The molecular formula is C11H21NO. The van der Waals surface area contributed by atoms with Crippen LogP contribution in [-0.2, 0) is 4.74 Å². The average molecular weight is 183 g/mol. The molecule has 76 valence electrons. The van der Waals surface area contributed by atoms with E-state index < -0.39 is 0 Å². The lowest BCUT2D eigenvalue weighted by molar-refractivity contribution is 0.0129. The number of ether oxygens (including phenoxy) is 1. The lowest BCUT2D eigenvalue weighted by Gasteiger charge is -2.35. The van der Waals surface area contributed by atoms with Gasteiger partial charge in [0.05, 0.1) is 0 Å². The second-order valence-corrected chi connectivity index (χ2v) is 4.99. The molecule has 2 fully saturated rings. The van der Waals surface area contributed by atoms with Crippen LogP contribution in [0.4, 0.5) is 0 Å². The molecular weight excluding hydrogens is 162 g/mol. The minimum absolute atomic E-state index is 0.578. The maximum Gasteiger partial charge on any atom is 0.0471 e. The van der Waals surface area contributed by atoms with E-state index in [0.29, 0.717) is 5.41 Å². The fourth-order valence-corrected chi connectivity index (χ4v) is 2.65. The highest BCUT2D eigenvalue weighted by Crippen LogP contribution is 2.37. The predicted octanol–water partition coefficient (Wildman–Crippen LogP) is 1.80. The van der Waals surface area contributed by atoms with Crippen molar-refractivity contribution >= 4 is 0 Å². The van der Waals surface area contributed by atoms with E-state index in [0.717, 1.165) is 19.1 Å². The summed E-state index contributed by atoms with van der Waals surface area (Å²) >= 11 is 0. The van der Waals surface area contributed by atoms with Crippen LogP contribution in [0.3, 0.4) is 0 Å². The fraction of sp³-hybridized carbons (Fsp3) is 1.00. The van der Waals surface area contributed by atoms with Crippen molar-refractivity contribution in [3.8, 4) is 0 Å². The van der Waals surface area contributed by atoms with Crippen LogP contribution in [0, 0.1) is 11.3 Å². The number of hydrogen-bond acceptors (Lipinski definition) is 2. The Morgan fingerprint density at radius 3 is 2.77 bits per heavy atom. The predicted molar refractivity (Wildman–Crippen MR) is 53.8 cm³/mol. The zero-order valence-corrected chi connectivity index (χ0v) is 8.64. The molecule has 1 atom stereocenters. The zero-order chi connectivity index (χ0) is 9.15. The Kier molecular flexibility index (Phi) is 2.89. The topological polar surface area (TPSA) is 21.3 Å². The summed E-state index contributed by atoms with van der Waals surface area (Å²) in [6, 6.07) is 0. The molecule has 1 unspecified atom stereocenters. The number of hydrogen-bond donors (Lipinski definition) is 1. The standard InChI is InChI=1S/C11H21NO/c1-11(3-6-13-7-4-11)8-10-2-5-12-9-10/h10,12H,2-9H2,1H3. The van der Waals surface area contributed by atoms with E-state index in [1.807, 2.05) is 0 Å². The summed E-state index contributed by atoms with van der Waals surface area (Å²) in [4.78, 5) is 0. The summed E-state index contributed by atoms with van der Waals surface area (Å²) in [5, 5.41) is 3.45. The number of nitrogens with one attached hydrogen (secondary N) is 1. The summed E-state index contributed by atoms with van der Waals surface area (Å²) in [6.07, 6.45) is 5.33. The fourth-order valence-electron chi connectivity index (χ4n) is 2.65. The molecule has 0 aromatic rings. The van der Waals surface area contributed by atoms with Crippen LogP contribution in [-0.4, -0.2) is 26.3 Å². The molecule has 0 aromatic carbocycles. The third kappa shape index (κ3) is 2.44. The van der Waals surface area contributed by atoms with Gasteiger partial charge in [0.1, 0.15) is 0 Å². The van der Waals surface area contributed by atoms with Gasteiger partial charge < -0.3 is 10.1 Å². The van der Waals surface area contributed by atoms with Crippen LogP contribution < -0.4 is 5.32 Å². The molecule has 1 N–H and O–H groups in total. The molecule has 2 saturated heterocycles. The summed E-state index contributed by atoms with van der Waals surface area (Å²) in [5.74, 6) is 0.933. The molecule has 0 radical (unpaired) electrons. The molecule has 2 nitrogen and oxygen atoms in total. The second kappa shape index (κ2) is 3.97. The van der Waals surface area contributed by atoms with E-state index in [4.69, 9.17) is 4.74 Å². The molecule has 0 spiro atoms. The Morgan fingerprint density at radius 2 is 2.15 bits per heavy atom. The zero-order valence-electron chi connectivity index (χ0n) is 8.64. The van der Waals surface area contributed by atoms with Gasteiger partial charge >= 0.3 is 0 Å². The lowest BCUT2D eigenvalue weighted by atomic mass is 9.75. The first-order valence-corrected chi connectivity index (χ1v) is 5.57. The van der Waals surface area contributed by atoms with Gasteiger partial charge in [0.25, 0.3) is 0 Å². The molecule has 13 heavy (non-hydrogen) atoms. The van der Waals surface area contributed by atoms with Crippen LogP contribution in [0.25, 0.3) is 0 Å². The van der Waals surface area contributed by atoms with Gasteiger partial charge in [-0.15, -0.1) is 0 Å². The maximum atomic E-state index is 5.41. The van der Waals surface area contributed by atoms with Gasteiger partial charge in [-0.3, -0.25) is 0 Å². The van der Waals surface area contributed by atoms with Crippen molar-refractivity contribution in [3.05, 3.63) is 0 Å². The van der Waals surface area contributed by atoms with E-state index in [1.54, 1.807) is 0 Å². The minimum atomic E-state index is 0.578. The van der Waals surface area contributed by atoms with E-state index in [1.165, 1.54) is 38.8 Å². The highest BCUT2D eigenvalue weighted by Gasteiger charge is 2.31. The molecule has 2 aliphatic heterocycles. The van der Waals surface area contributed by atoms with Crippen LogP contribution in [0.15, 0.2) is 0 Å². The molecule has 0 aromatic heterocycles. The van der Waals surface area contributed by atoms with Gasteiger partial charge in [0.15, 0.2) is 0 Å². The smallest absolute Gasteiger partial charge is 0.0471 e. The Hall–Kier alpha value is -0.0800. The first kappa shape index (κ1) is 9.47. The van der Waals surface area contributed by atoms with Crippen molar-refractivity contribution in [1.29, 1.82) is 0 Å². The van der Waals surface area contributed by atoms with Crippen LogP contribution in [0.5, 0.6) is 0 Å². The Bertz CT molecular complexity index is 157. The Labute approximate surface area is 81.0 Å². The van der Waals surface area contributed by atoms with Gasteiger partial charge in [0.2, 0.25) is 0 Å². The van der Waals surface area contributed by atoms with E-state index in [-0.39, 0.29) is 0 Å². The van der Waals surface area contributed by atoms with Gasteiger partial charge in [-0.1, -0.05) is 6.92 Å². The van der Waals surface area contributed by atoms with Crippen molar-refractivity contribution in [2.45, 2.75) is 32.6 Å². The van der Waals surface area contributed by atoms with Crippen LogP contribution in [0.1, 0.15) is 32.6 Å². The highest BCUT2D eigenvalue weighted by molar-refractivity contribution is 4.83. The third-order valence-corrected chi connectivity index (χ3v) is 3.64. The normalized spacial score (nSPS) is 33.5. The van der Waals surface area contributed by atoms with Crippen LogP contribution >= 0.6 is 0 Å². The van der Waals surface area contributed by atoms with Crippen molar-refractivity contribution in [2.24, 2.45) is 11.3 Å². The third-order valence-electron chi connectivity index (χ3n) is 3.64. The molecule has 0 saturated carbocycles. The summed E-state index contributed by atoms with van der Waals surface area (Å²) in [6.45, 7) is 6.88. The molecule has 2 rings (SSSR count). The molecule has 0 amide bonds. The first-order chi connectivity index (χ1) is 6.29. The molecule has 2 aliphatic rings. The summed E-state index contributed by atoms with van der Waals surface area (Å²) < 4.78 is 5.41. The second-order valence-electron chi connectivity index (χ2n) is 4.99. The van der Waals surface area contributed by atoms with Crippen molar-refractivity contribution in [1.82, 2.24) is 5.32 Å². The highest BCUT2D eigenvalue weighted by atomic mass is 16.5. The van der Waals surface area contributed by atoms with Gasteiger partial charge in [-0.05, 0) is 50.1 Å². The summed E-state index contributed by atoms with van der Waals surface area (Å²) in [5.41, 5.74) is 0.578. The number of rotatable bonds is 2. The quantitative estimate of drug-likeness (QED) is 0.705. The van der Waals surface area contributed by atoms with Gasteiger partial charge in [-0.2, -0.15) is 0 Å². The molecule has 2 heteroatoms. The maximum absolute atomic E-state index is 5.41. The van der Waals surface area contributed by atoms with Crippen molar-refractivity contribution in [3.63, 3.8) is 0 Å². The summed E-state index contributed by atoms with van der Waals surface area (Å²) in [7, 11) is 0. The Balaban J connectivity index is 1.83. The van der Waals surface area contributed by atoms with Gasteiger partial charge in [0, 0.05) is 13.2 Å². The Morgan fingerprint density at radius 1 is 1.38 bits per heavy atom. The monoisotopic (exact) mass is 183 g/mol. The SMILES string of the molecule is CC1(CC2CCNC2)CCOCC1.